The van der Waals surface area contributed by atoms with E-state index in [4.69, 9.17) is 0 Å². The van der Waals surface area contributed by atoms with E-state index in [1.165, 1.54) is 25.8 Å². The summed E-state index contributed by atoms with van der Waals surface area (Å²) in [6.07, 6.45) is 4.03. The third-order valence-electron chi connectivity index (χ3n) is 2.21. The Labute approximate surface area is 69.8 Å². The van der Waals surface area contributed by atoms with E-state index in [1.807, 2.05) is 0 Å². The minimum absolute atomic E-state index is 0.636. The first-order valence-corrected chi connectivity index (χ1v) is 4.76. The van der Waals surface area contributed by atoms with E-state index < -0.39 is 0 Å². The van der Waals surface area contributed by atoms with Crippen LogP contribution in [0.15, 0.2) is 0 Å². The van der Waals surface area contributed by atoms with E-state index >= 15 is 0 Å². The van der Waals surface area contributed by atoms with Gasteiger partial charge in [-0.25, -0.2) is 0 Å². The lowest BCUT2D eigenvalue weighted by Crippen LogP contribution is -2.30. The summed E-state index contributed by atoms with van der Waals surface area (Å²) in [5.41, 5.74) is 0. The Morgan fingerprint density at radius 2 is 2.36 bits per heavy atom. The average Bonchev–Trinajstić information content (AvgIpc) is 2.39. The zero-order chi connectivity index (χ0) is 8.10. The molecule has 1 aliphatic heterocycles. The molecule has 1 unspecified atom stereocenters. The molecule has 66 valence electrons. The van der Waals surface area contributed by atoms with Crippen molar-refractivity contribution < 1.29 is 0 Å². The Kier molecular flexibility index (Phi) is 3.87. The molecular weight excluding hydrogens is 136 g/mol. The molecule has 1 rings (SSSR count). The molecule has 2 nitrogen and oxygen atoms in total. The highest BCUT2D eigenvalue weighted by atomic mass is 15.0. The summed E-state index contributed by atoms with van der Waals surface area (Å²) in [6.45, 7) is 6.78. The molecule has 0 aromatic carbocycles. The van der Waals surface area contributed by atoms with E-state index in [9.17, 15) is 0 Å². The fourth-order valence-corrected chi connectivity index (χ4v) is 1.55. The fraction of sp³-hybridized carbons (Fsp3) is 1.00. The van der Waals surface area contributed by atoms with Gasteiger partial charge in [-0.3, -0.25) is 0 Å². The summed E-state index contributed by atoms with van der Waals surface area (Å²) in [6, 6.07) is 1.43. The Balaban J connectivity index is 1.94. The van der Waals surface area contributed by atoms with Crippen LogP contribution in [0, 0.1) is 0 Å². The van der Waals surface area contributed by atoms with Gasteiger partial charge in [0.15, 0.2) is 0 Å². The Morgan fingerprint density at radius 1 is 1.55 bits per heavy atom. The highest BCUT2D eigenvalue weighted by molar-refractivity contribution is 4.74. The van der Waals surface area contributed by atoms with Crippen molar-refractivity contribution in [1.29, 1.82) is 0 Å². The van der Waals surface area contributed by atoms with Gasteiger partial charge in [-0.1, -0.05) is 13.8 Å². The maximum absolute atomic E-state index is 3.49. The molecule has 0 aromatic rings. The lowest BCUT2D eigenvalue weighted by molar-refractivity contribution is 0.497. The topological polar surface area (TPSA) is 24.1 Å². The molecule has 0 radical (unpaired) electrons. The van der Waals surface area contributed by atoms with Gasteiger partial charge in [0.25, 0.3) is 0 Å². The molecule has 2 N–H and O–H groups in total. The van der Waals surface area contributed by atoms with Crippen LogP contribution in [0.4, 0.5) is 0 Å². The standard InChI is InChI=1S/C9H20N2/c1-8(2)10-7-5-9-4-3-6-11-9/h8-11H,3-7H2,1-2H3. The van der Waals surface area contributed by atoms with Gasteiger partial charge in [0.05, 0.1) is 0 Å². The summed E-state index contributed by atoms with van der Waals surface area (Å²) >= 11 is 0. The van der Waals surface area contributed by atoms with Crippen LogP contribution in [0.2, 0.25) is 0 Å². The number of hydrogen-bond acceptors (Lipinski definition) is 2. The van der Waals surface area contributed by atoms with Crippen molar-refractivity contribution in [2.75, 3.05) is 13.1 Å². The van der Waals surface area contributed by atoms with Crippen molar-refractivity contribution >= 4 is 0 Å². The van der Waals surface area contributed by atoms with E-state index in [-0.39, 0.29) is 0 Å². The van der Waals surface area contributed by atoms with Crippen LogP contribution < -0.4 is 10.6 Å². The molecular formula is C9H20N2. The van der Waals surface area contributed by atoms with Crippen LogP contribution >= 0.6 is 0 Å². The molecule has 0 spiro atoms. The third-order valence-corrected chi connectivity index (χ3v) is 2.21. The normalized spacial score (nSPS) is 24.8. The molecule has 1 heterocycles. The SMILES string of the molecule is CC(C)NCCC1CCCN1. The molecule has 0 bridgehead atoms. The van der Waals surface area contributed by atoms with Gasteiger partial charge >= 0.3 is 0 Å². The Bertz CT molecular complexity index is 95.7. The molecule has 1 atom stereocenters. The fourth-order valence-electron chi connectivity index (χ4n) is 1.55. The first-order chi connectivity index (χ1) is 5.29. The van der Waals surface area contributed by atoms with Crippen molar-refractivity contribution in [1.82, 2.24) is 10.6 Å². The second kappa shape index (κ2) is 4.73. The minimum Gasteiger partial charge on any atom is -0.314 e. The van der Waals surface area contributed by atoms with E-state index in [0.717, 1.165) is 12.6 Å². The minimum atomic E-state index is 0.636. The van der Waals surface area contributed by atoms with Crippen LogP contribution in [0.25, 0.3) is 0 Å². The number of nitrogens with one attached hydrogen (secondary N) is 2. The predicted octanol–water partition coefficient (Wildman–Crippen LogP) is 1.13. The maximum atomic E-state index is 3.49. The van der Waals surface area contributed by atoms with Gasteiger partial charge in [0.1, 0.15) is 0 Å². The Hall–Kier alpha value is -0.0800. The molecule has 0 aromatic heterocycles. The zero-order valence-corrected chi connectivity index (χ0v) is 7.69. The van der Waals surface area contributed by atoms with Crippen molar-refractivity contribution in [3.63, 3.8) is 0 Å². The number of rotatable bonds is 4. The predicted molar refractivity (Wildman–Crippen MR) is 48.8 cm³/mol. The molecule has 1 fully saturated rings. The maximum Gasteiger partial charge on any atom is 0.00796 e. The lowest BCUT2D eigenvalue weighted by Gasteiger charge is -2.12. The highest BCUT2D eigenvalue weighted by Crippen LogP contribution is 2.07. The Morgan fingerprint density at radius 3 is 2.91 bits per heavy atom. The molecule has 2 heteroatoms. The van der Waals surface area contributed by atoms with Crippen molar-refractivity contribution in [2.45, 2.75) is 45.2 Å². The first kappa shape index (κ1) is 9.01. The molecule has 11 heavy (non-hydrogen) atoms. The second-order valence-corrected chi connectivity index (χ2v) is 3.69. The molecule has 1 aliphatic rings. The van der Waals surface area contributed by atoms with Crippen molar-refractivity contribution in [3.8, 4) is 0 Å². The van der Waals surface area contributed by atoms with Gasteiger partial charge in [-0.2, -0.15) is 0 Å². The van der Waals surface area contributed by atoms with Crippen LogP contribution in [-0.2, 0) is 0 Å². The monoisotopic (exact) mass is 156 g/mol. The van der Waals surface area contributed by atoms with Crippen LogP contribution in [0.3, 0.4) is 0 Å². The summed E-state index contributed by atoms with van der Waals surface area (Å²) in [5, 5.41) is 6.92. The second-order valence-electron chi connectivity index (χ2n) is 3.69. The number of hydrogen-bond donors (Lipinski definition) is 2. The van der Waals surface area contributed by atoms with Crippen molar-refractivity contribution in [2.24, 2.45) is 0 Å². The molecule has 0 saturated carbocycles. The van der Waals surface area contributed by atoms with Crippen molar-refractivity contribution in [3.05, 3.63) is 0 Å². The summed E-state index contributed by atoms with van der Waals surface area (Å²) < 4.78 is 0. The van der Waals surface area contributed by atoms with Gasteiger partial charge in [-0.05, 0) is 32.4 Å². The molecule has 1 saturated heterocycles. The largest absolute Gasteiger partial charge is 0.314 e. The van der Waals surface area contributed by atoms with Gasteiger partial charge < -0.3 is 10.6 Å². The van der Waals surface area contributed by atoms with Gasteiger partial charge in [-0.15, -0.1) is 0 Å². The highest BCUT2D eigenvalue weighted by Gasteiger charge is 2.12. The molecule has 0 amide bonds. The van der Waals surface area contributed by atoms with Crippen LogP contribution in [-0.4, -0.2) is 25.2 Å². The smallest absolute Gasteiger partial charge is 0.00796 e. The molecule has 0 aliphatic carbocycles. The van der Waals surface area contributed by atoms with Gasteiger partial charge in [0, 0.05) is 12.1 Å². The van der Waals surface area contributed by atoms with Gasteiger partial charge in [0.2, 0.25) is 0 Å². The first-order valence-electron chi connectivity index (χ1n) is 4.76. The van der Waals surface area contributed by atoms with E-state index in [1.54, 1.807) is 0 Å². The quantitative estimate of drug-likeness (QED) is 0.637. The zero-order valence-electron chi connectivity index (χ0n) is 7.69. The summed E-state index contributed by atoms with van der Waals surface area (Å²) in [4.78, 5) is 0. The summed E-state index contributed by atoms with van der Waals surface area (Å²) in [5.74, 6) is 0. The van der Waals surface area contributed by atoms with E-state index in [0.29, 0.717) is 6.04 Å². The third kappa shape index (κ3) is 3.73. The lowest BCUT2D eigenvalue weighted by atomic mass is 10.1. The average molecular weight is 156 g/mol. The van der Waals surface area contributed by atoms with E-state index in [2.05, 4.69) is 24.5 Å². The van der Waals surface area contributed by atoms with Crippen LogP contribution in [0.1, 0.15) is 33.1 Å². The van der Waals surface area contributed by atoms with Crippen LogP contribution in [0.5, 0.6) is 0 Å². The summed E-state index contributed by atoms with van der Waals surface area (Å²) in [7, 11) is 0.